The van der Waals surface area contributed by atoms with Crippen LogP contribution in [0.5, 0.6) is 5.75 Å². The lowest BCUT2D eigenvalue weighted by Crippen LogP contribution is -2.17. The van der Waals surface area contributed by atoms with Crippen molar-refractivity contribution in [1.82, 2.24) is 9.97 Å². The Labute approximate surface area is 131 Å². The Morgan fingerprint density at radius 3 is 2.64 bits per heavy atom. The fourth-order valence-electron chi connectivity index (χ4n) is 1.65. The fourth-order valence-corrected chi connectivity index (χ4v) is 2.17. The van der Waals surface area contributed by atoms with Crippen LogP contribution in [0.1, 0.15) is 5.56 Å². The van der Waals surface area contributed by atoms with Crippen molar-refractivity contribution < 1.29 is 17.9 Å². The highest BCUT2D eigenvalue weighted by atomic mass is 79.9. The smallest absolute Gasteiger partial charge is 0.406 e. The number of anilines is 3. The molecule has 0 aliphatic carbocycles. The van der Waals surface area contributed by atoms with Crippen LogP contribution in [-0.4, -0.2) is 16.3 Å². The van der Waals surface area contributed by atoms with Crippen LogP contribution in [0.3, 0.4) is 0 Å². The molecule has 0 fully saturated rings. The molecule has 0 amide bonds. The number of ether oxygens (including phenoxy) is 1. The predicted octanol–water partition coefficient (Wildman–Crippen LogP) is 2.91. The molecule has 5 N–H and O–H groups in total. The van der Waals surface area contributed by atoms with Gasteiger partial charge in [-0.15, -0.1) is 13.2 Å². The van der Waals surface area contributed by atoms with Gasteiger partial charge >= 0.3 is 6.36 Å². The van der Waals surface area contributed by atoms with E-state index in [1.54, 1.807) is 6.07 Å². The van der Waals surface area contributed by atoms with E-state index in [-0.39, 0.29) is 23.9 Å². The van der Waals surface area contributed by atoms with E-state index in [1.165, 1.54) is 18.3 Å². The minimum atomic E-state index is -4.75. The maximum atomic E-state index is 12.3. The van der Waals surface area contributed by atoms with Gasteiger partial charge in [-0.3, -0.25) is 0 Å². The Bertz CT molecular complexity index is 680. The van der Waals surface area contributed by atoms with Crippen molar-refractivity contribution in [3.05, 3.63) is 34.4 Å². The standard InChI is InChI=1S/C12H11BrF3N5O/c13-7-1-6(2-8(3-7)22-12(14,15)16)4-19-10-9(17)5-20-11(18)21-10/h1-3,5H,4,17H2,(H3,18,19,20,21). The molecule has 1 heterocycles. The molecule has 6 nitrogen and oxygen atoms in total. The third-order valence-corrected chi connectivity index (χ3v) is 2.92. The number of hydrogen-bond donors (Lipinski definition) is 3. The number of nitrogens with zero attached hydrogens (tertiary/aromatic N) is 2. The van der Waals surface area contributed by atoms with Crippen LogP contribution in [0.2, 0.25) is 0 Å². The van der Waals surface area contributed by atoms with Crippen LogP contribution < -0.4 is 21.5 Å². The summed E-state index contributed by atoms with van der Waals surface area (Å²) >= 11 is 3.13. The maximum absolute atomic E-state index is 12.3. The van der Waals surface area contributed by atoms with Gasteiger partial charge in [0.1, 0.15) is 5.75 Å². The van der Waals surface area contributed by atoms with Crippen molar-refractivity contribution in [3.8, 4) is 5.75 Å². The van der Waals surface area contributed by atoms with Gasteiger partial charge in [0.25, 0.3) is 0 Å². The molecule has 118 valence electrons. The summed E-state index contributed by atoms with van der Waals surface area (Å²) in [5, 5.41) is 2.87. The second-order valence-corrected chi connectivity index (χ2v) is 5.14. The van der Waals surface area contributed by atoms with Gasteiger partial charge in [-0.05, 0) is 23.8 Å². The zero-order valence-corrected chi connectivity index (χ0v) is 12.6. The zero-order valence-electron chi connectivity index (χ0n) is 11.0. The summed E-state index contributed by atoms with van der Waals surface area (Å²) in [5.74, 6) is 0.00616. The summed E-state index contributed by atoms with van der Waals surface area (Å²) in [6, 6.07) is 4.11. The molecular formula is C12H11BrF3N5O. The molecule has 1 aromatic carbocycles. The van der Waals surface area contributed by atoms with Gasteiger partial charge in [0, 0.05) is 11.0 Å². The van der Waals surface area contributed by atoms with E-state index >= 15 is 0 Å². The maximum Gasteiger partial charge on any atom is 0.573 e. The minimum absolute atomic E-state index is 0.0343. The first-order valence-electron chi connectivity index (χ1n) is 5.90. The topological polar surface area (TPSA) is 99.1 Å². The van der Waals surface area contributed by atoms with Gasteiger partial charge < -0.3 is 21.5 Å². The van der Waals surface area contributed by atoms with E-state index in [1.807, 2.05) is 0 Å². The predicted molar refractivity (Wildman–Crippen MR) is 79.0 cm³/mol. The minimum Gasteiger partial charge on any atom is -0.406 e. The highest BCUT2D eigenvalue weighted by Crippen LogP contribution is 2.27. The molecule has 0 atom stereocenters. The van der Waals surface area contributed by atoms with Gasteiger partial charge in [0.05, 0.1) is 11.9 Å². The van der Waals surface area contributed by atoms with Crippen molar-refractivity contribution in [1.29, 1.82) is 0 Å². The van der Waals surface area contributed by atoms with Crippen molar-refractivity contribution in [2.75, 3.05) is 16.8 Å². The van der Waals surface area contributed by atoms with E-state index < -0.39 is 6.36 Å². The molecule has 0 radical (unpaired) electrons. The SMILES string of the molecule is Nc1ncc(N)c(NCc2cc(Br)cc(OC(F)(F)F)c2)n1. The van der Waals surface area contributed by atoms with Crippen molar-refractivity contribution in [2.45, 2.75) is 12.9 Å². The molecule has 2 aromatic rings. The van der Waals surface area contributed by atoms with Crippen molar-refractivity contribution in [3.63, 3.8) is 0 Å². The molecule has 0 spiro atoms. The number of rotatable bonds is 4. The normalized spacial score (nSPS) is 11.3. The molecular weight excluding hydrogens is 367 g/mol. The number of aromatic nitrogens is 2. The van der Waals surface area contributed by atoms with E-state index in [4.69, 9.17) is 11.5 Å². The first-order chi connectivity index (χ1) is 10.2. The van der Waals surface area contributed by atoms with Gasteiger partial charge in [-0.1, -0.05) is 15.9 Å². The fraction of sp³-hybridized carbons (Fsp3) is 0.167. The summed E-state index contributed by atoms with van der Waals surface area (Å²) in [6.45, 7) is 0.175. The molecule has 0 aliphatic heterocycles. The van der Waals surface area contributed by atoms with Crippen LogP contribution in [0.4, 0.5) is 30.6 Å². The van der Waals surface area contributed by atoms with Gasteiger partial charge in [0.2, 0.25) is 5.95 Å². The van der Waals surface area contributed by atoms with Gasteiger partial charge in [-0.25, -0.2) is 4.98 Å². The third kappa shape index (κ3) is 4.65. The zero-order chi connectivity index (χ0) is 16.3. The summed E-state index contributed by atoms with van der Waals surface area (Å²) in [6.07, 6.45) is -3.42. The molecule has 22 heavy (non-hydrogen) atoms. The number of benzene rings is 1. The Kier molecular flexibility index (Phi) is 4.59. The highest BCUT2D eigenvalue weighted by molar-refractivity contribution is 9.10. The average Bonchev–Trinajstić information content (AvgIpc) is 2.37. The first kappa shape index (κ1) is 16.1. The summed E-state index contributed by atoms with van der Waals surface area (Å²) in [5.41, 5.74) is 11.9. The molecule has 10 heteroatoms. The number of hydrogen-bond acceptors (Lipinski definition) is 6. The van der Waals surface area contributed by atoms with E-state index in [2.05, 4.69) is 36.0 Å². The second-order valence-electron chi connectivity index (χ2n) is 4.23. The van der Waals surface area contributed by atoms with Crippen molar-refractivity contribution in [2.24, 2.45) is 0 Å². The molecule has 0 saturated carbocycles. The van der Waals surface area contributed by atoms with E-state index in [0.717, 1.165) is 0 Å². The molecule has 1 aromatic heterocycles. The summed E-state index contributed by atoms with van der Waals surface area (Å²) in [4.78, 5) is 7.61. The van der Waals surface area contributed by atoms with Gasteiger partial charge in [-0.2, -0.15) is 4.98 Å². The number of halogens is 4. The second kappa shape index (κ2) is 6.26. The monoisotopic (exact) mass is 377 g/mol. The molecule has 0 bridgehead atoms. The molecule has 0 aliphatic rings. The van der Waals surface area contributed by atoms with Gasteiger partial charge in [0.15, 0.2) is 5.82 Å². The lowest BCUT2D eigenvalue weighted by molar-refractivity contribution is -0.274. The van der Waals surface area contributed by atoms with E-state index in [9.17, 15) is 13.2 Å². The molecule has 0 unspecified atom stereocenters. The Hall–Kier alpha value is -2.23. The highest BCUT2D eigenvalue weighted by Gasteiger charge is 2.31. The van der Waals surface area contributed by atoms with Crippen LogP contribution >= 0.6 is 15.9 Å². The Morgan fingerprint density at radius 2 is 1.95 bits per heavy atom. The summed E-state index contributed by atoms with van der Waals surface area (Å²) in [7, 11) is 0. The summed E-state index contributed by atoms with van der Waals surface area (Å²) < 4.78 is 41.1. The van der Waals surface area contributed by atoms with Crippen LogP contribution in [0.15, 0.2) is 28.9 Å². The number of alkyl halides is 3. The molecule has 2 rings (SSSR count). The van der Waals surface area contributed by atoms with Crippen LogP contribution in [0, 0.1) is 0 Å². The molecule has 0 saturated heterocycles. The largest absolute Gasteiger partial charge is 0.573 e. The first-order valence-corrected chi connectivity index (χ1v) is 6.69. The lowest BCUT2D eigenvalue weighted by atomic mass is 10.2. The lowest BCUT2D eigenvalue weighted by Gasteiger charge is -2.12. The van der Waals surface area contributed by atoms with E-state index in [0.29, 0.717) is 15.9 Å². The number of nitrogen functional groups attached to an aromatic ring is 2. The Morgan fingerprint density at radius 1 is 1.23 bits per heavy atom. The van der Waals surface area contributed by atoms with Crippen molar-refractivity contribution >= 4 is 33.4 Å². The average molecular weight is 378 g/mol. The van der Waals surface area contributed by atoms with Crippen LogP contribution in [0.25, 0.3) is 0 Å². The van der Waals surface area contributed by atoms with Crippen LogP contribution in [-0.2, 0) is 6.54 Å². The number of nitrogens with one attached hydrogen (secondary N) is 1. The Balaban J connectivity index is 2.14. The third-order valence-electron chi connectivity index (χ3n) is 2.46. The quantitative estimate of drug-likeness (QED) is 0.757. The number of nitrogens with two attached hydrogens (primary N) is 2.